The molecule has 0 radical (unpaired) electrons. The molecule has 0 saturated carbocycles. The molecule has 1 aromatic carbocycles. The van der Waals surface area contributed by atoms with E-state index in [4.69, 9.17) is 0 Å². The molecule has 0 saturated heterocycles. The van der Waals surface area contributed by atoms with Gasteiger partial charge in [-0.1, -0.05) is 127 Å². The molecule has 0 aliphatic carbocycles. The lowest BCUT2D eigenvalue weighted by molar-refractivity contribution is -0.729. The van der Waals surface area contributed by atoms with Crippen LogP contribution in [0.5, 0.6) is 0 Å². The molecule has 0 amide bonds. The van der Waals surface area contributed by atoms with Gasteiger partial charge in [0.05, 0.1) is 6.54 Å². The van der Waals surface area contributed by atoms with Gasteiger partial charge in [0.25, 0.3) is 0 Å². The van der Waals surface area contributed by atoms with E-state index >= 15 is 0 Å². The number of unbranched alkanes of at least 4 members (excludes halogenated alkanes) is 15. The van der Waals surface area contributed by atoms with Crippen molar-refractivity contribution in [2.24, 2.45) is 0 Å². The van der Waals surface area contributed by atoms with Gasteiger partial charge < -0.3 is 42.5 Å². The zero-order chi connectivity index (χ0) is 20.3. The SMILES string of the molecule is CCCCCCCCCCCCCCCCCC[NH2+]C(C)(C)c1ccccc1.[Cl-].[Cl-].[Cl-]. The molecule has 0 fully saturated rings. The minimum atomic E-state index is 0. The van der Waals surface area contributed by atoms with Crippen LogP contribution in [0.4, 0.5) is 0 Å². The zero-order valence-corrected chi connectivity index (χ0v) is 22.9. The normalized spacial score (nSPS) is 10.7. The number of hydrogen-bond acceptors (Lipinski definition) is 0. The number of hydrogen-bond donors (Lipinski definition) is 1. The Bertz CT molecular complexity index is 451. The van der Waals surface area contributed by atoms with E-state index < -0.39 is 0 Å². The van der Waals surface area contributed by atoms with Crippen molar-refractivity contribution in [3.05, 3.63) is 35.9 Å². The Morgan fingerprint density at radius 3 is 1.29 bits per heavy atom. The average Bonchev–Trinajstić information content (AvgIpc) is 2.71. The van der Waals surface area contributed by atoms with Crippen molar-refractivity contribution < 1.29 is 42.5 Å². The van der Waals surface area contributed by atoms with Crippen LogP contribution < -0.4 is 42.5 Å². The molecule has 4 heteroatoms. The molecule has 0 spiro atoms. The van der Waals surface area contributed by atoms with Gasteiger partial charge >= 0.3 is 0 Å². The van der Waals surface area contributed by atoms with E-state index in [9.17, 15) is 0 Å². The second-order valence-electron chi connectivity index (χ2n) is 9.38. The highest BCUT2D eigenvalue weighted by molar-refractivity contribution is 5.19. The van der Waals surface area contributed by atoms with Crippen molar-refractivity contribution in [3.8, 4) is 0 Å². The van der Waals surface area contributed by atoms with Gasteiger partial charge in [-0.2, -0.15) is 0 Å². The summed E-state index contributed by atoms with van der Waals surface area (Å²) in [5.74, 6) is 0. The summed E-state index contributed by atoms with van der Waals surface area (Å²) in [6.45, 7) is 8.23. The summed E-state index contributed by atoms with van der Waals surface area (Å²) in [6.07, 6.45) is 23.1. The smallest absolute Gasteiger partial charge is 0.116 e. The lowest BCUT2D eigenvalue weighted by Crippen LogP contribution is -3.00. The third kappa shape index (κ3) is 20.4. The molecule has 1 nitrogen and oxygen atoms in total. The molecule has 0 heterocycles. The molecule has 0 bridgehead atoms. The quantitative estimate of drug-likeness (QED) is 0.232. The van der Waals surface area contributed by atoms with Crippen molar-refractivity contribution in [1.29, 1.82) is 0 Å². The molecule has 0 aliphatic rings. The van der Waals surface area contributed by atoms with E-state index in [0.29, 0.717) is 0 Å². The van der Waals surface area contributed by atoms with Gasteiger partial charge in [0, 0.05) is 5.56 Å². The summed E-state index contributed by atoms with van der Waals surface area (Å²) in [5.41, 5.74) is 1.64. The van der Waals surface area contributed by atoms with Gasteiger partial charge in [-0.3, -0.25) is 0 Å². The van der Waals surface area contributed by atoms with E-state index in [1.165, 1.54) is 115 Å². The highest BCUT2D eigenvalue weighted by Gasteiger charge is 2.22. The van der Waals surface area contributed by atoms with Gasteiger partial charge in [-0.15, -0.1) is 0 Å². The molecule has 186 valence electrons. The zero-order valence-electron chi connectivity index (χ0n) is 20.6. The van der Waals surface area contributed by atoms with Crippen LogP contribution in [-0.2, 0) is 5.54 Å². The minimum Gasteiger partial charge on any atom is -1.00 e. The maximum Gasteiger partial charge on any atom is 0.116 e. The summed E-state index contributed by atoms with van der Waals surface area (Å²) in [6, 6.07) is 10.9. The maximum absolute atomic E-state index is 2.52. The van der Waals surface area contributed by atoms with Gasteiger partial charge in [-0.25, -0.2) is 0 Å². The molecule has 1 rings (SSSR count). The standard InChI is InChI=1S/C27H49N.3ClH/c1-4-5-6-7-8-9-10-11-12-13-14-15-16-17-18-22-25-28-27(2,3)26-23-20-19-21-24-26;;;/h19-21,23-24,28H,4-18,22,25H2,1-3H3;3*1H/p-2. The van der Waals surface area contributed by atoms with E-state index in [-0.39, 0.29) is 42.8 Å². The predicted molar refractivity (Wildman–Crippen MR) is 126 cm³/mol. The van der Waals surface area contributed by atoms with Gasteiger partial charge in [0.2, 0.25) is 0 Å². The number of benzene rings is 1. The summed E-state index contributed by atoms with van der Waals surface area (Å²) < 4.78 is 0. The third-order valence-corrected chi connectivity index (χ3v) is 6.23. The van der Waals surface area contributed by atoms with Gasteiger partial charge in [0.1, 0.15) is 5.54 Å². The van der Waals surface area contributed by atoms with Gasteiger partial charge in [0.15, 0.2) is 0 Å². The Labute approximate surface area is 213 Å². The van der Waals surface area contributed by atoms with Crippen LogP contribution in [0.2, 0.25) is 0 Å². The summed E-state index contributed by atoms with van der Waals surface area (Å²) in [5, 5.41) is 2.52. The second-order valence-corrected chi connectivity index (χ2v) is 9.38. The first-order valence-electron chi connectivity index (χ1n) is 12.6. The first kappa shape index (κ1) is 35.6. The fourth-order valence-electron chi connectivity index (χ4n) is 4.14. The highest BCUT2D eigenvalue weighted by Crippen LogP contribution is 2.15. The summed E-state index contributed by atoms with van der Waals surface area (Å²) >= 11 is 0. The van der Waals surface area contributed by atoms with Crippen molar-refractivity contribution in [2.75, 3.05) is 6.54 Å². The Kier molecular flexibility index (Phi) is 28.4. The predicted octanol–water partition coefficient (Wildman–Crippen LogP) is -1.24. The van der Waals surface area contributed by atoms with E-state index in [1.54, 1.807) is 0 Å². The summed E-state index contributed by atoms with van der Waals surface area (Å²) in [4.78, 5) is 0. The van der Waals surface area contributed by atoms with E-state index in [0.717, 1.165) is 0 Å². The van der Waals surface area contributed by atoms with Crippen LogP contribution >= 0.6 is 0 Å². The molecule has 0 aromatic heterocycles. The lowest BCUT2D eigenvalue weighted by atomic mass is 9.94. The minimum absolute atomic E-state index is 0. The first-order valence-corrected chi connectivity index (χ1v) is 12.6. The first-order chi connectivity index (χ1) is 13.7. The fourth-order valence-corrected chi connectivity index (χ4v) is 4.14. The van der Waals surface area contributed by atoms with E-state index in [1.807, 2.05) is 0 Å². The summed E-state index contributed by atoms with van der Waals surface area (Å²) in [7, 11) is 0. The van der Waals surface area contributed by atoms with Crippen LogP contribution in [0.15, 0.2) is 30.3 Å². The topological polar surface area (TPSA) is 16.6 Å². The van der Waals surface area contributed by atoms with Crippen molar-refractivity contribution in [1.82, 2.24) is 0 Å². The fraction of sp³-hybridized carbons (Fsp3) is 0.778. The largest absolute Gasteiger partial charge is 1.00 e. The Balaban J connectivity index is -0.00000261. The van der Waals surface area contributed by atoms with Crippen molar-refractivity contribution in [3.63, 3.8) is 0 Å². The maximum atomic E-state index is 2.52. The molecule has 31 heavy (non-hydrogen) atoms. The lowest BCUT2D eigenvalue weighted by Gasteiger charge is -2.23. The molecule has 0 atom stereocenters. The molecular formula is C27H50Cl3N-2. The highest BCUT2D eigenvalue weighted by atomic mass is 35.5. The Hall–Kier alpha value is 0.0500. The third-order valence-electron chi connectivity index (χ3n) is 6.23. The number of halogens is 3. The van der Waals surface area contributed by atoms with Crippen LogP contribution in [0, 0.1) is 0 Å². The van der Waals surface area contributed by atoms with Crippen molar-refractivity contribution in [2.45, 2.75) is 129 Å². The molecular weight excluding hydrogens is 445 g/mol. The molecule has 2 N–H and O–H groups in total. The van der Waals surface area contributed by atoms with E-state index in [2.05, 4.69) is 56.4 Å². The monoisotopic (exact) mass is 493 g/mol. The van der Waals surface area contributed by atoms with Gasteiger partial charge in [-0.05, 0) is 26.7 Å². The average molecular weight is 495 g/mol. The van der Waals surface area contributed by atoms with Crippen LogP contribution in [0.1, 0.15) is 129 Å². The number of rotatable bonds is 19. The number of nitrogens with two attached hydrogens (primary N) is 1. The molecule has 1 aromatic rings. The van der Waals surface area contributed by atoms with Crippen LogP contribution in [0.25, 0.3) is 0 Å². The number of quaternary nitrogens is 1. The van der Waals surface area contributed by atoms with Crippen LogP contribution in [0.3, 0.4) is 0 Å². The Morgan fingerprint density at radius 1 is 0.548 bits per heavy atom. The molecule has 0 aliphatic heterocycles. The van der Waals surface area contributed by atoms with Crippen LogP contribution in [-0.4, -0.2) is 6.54 Å². The molecule has 0 unspecified atom stereocenters. The second kappa shape index (κ2) is 24.7. The Morgan fingerprint density at radius 2 is 0.903 bits per heavy atom. The van der Waals surface area contributed by atoms with Crippen molar-refractivity contribution >= 4 is 0 Å².